The lowest BCUT2D eigenvalue weighted by atomic mass is 10.1. The first kappa shape index (κ1) is 13.2. The smallest absolute Gasteiger partial charge is 0.272 e. The number of hydrogen-bond donors (Lipinski definition) is 0. The van der Waals surface area contributed by atoms with Crippen LogP contribution in [0.15, 0.2) is 18.3 Å². The number of aromatic nitrogens is 1. The summed E-state index contributed by atoms with van der Waals surface area (Å²) >= 11 is 0. The van der Waals surface area contributed by atoms with Gasteiger partial charge in [0.15, 0.2) is 0 Å². The highest BCUT2D eigenvalue weighted by Gasteiger charge is 2.22. The van der Waals surface area contributed by atoms with E-state index in [4.69, 9.17) is 5.26 Å². The highest BCUT2D eigenvalue weighted by molar-refractivity contribution is 5.93. The summed E-state index contributed by atoms with van der Waals surface area (Å²) in [4.78, 5) is 18.0. The number of hydrogen-bond acceptors (Lipinski definition) is 3. The van der Waals surface area contributed by atoms with Gasteiger partial charge in [0.1, 0.15) is 5.69 Å². The van der Waals surface area contributed by atoms with E-state index < -0.39 is 0 Å². The molecule has 0 saturated carbocycles. The van der Waals surface area contributed by atoms with Crippen molar-refractivity contribution in [1.29, 1.82) is 5.26 Å². The van der Waals surface area contributed by atoms with Crippen LogP contribution in [0.2, 0.25) is 0 Å². The Labute approximate surface area is 102 Å². The molecule has 0 N–H and O–H groups in total. The molecule has 1 aromatic rings. The minimum Gasteiger partial charge on any atom is -0.332 e. The maximum absolute atomic E-state index is 12.2. The van der Waals surface area contributed by atoms with Gasteiger partial charge in [-0.3, -0.25) is 9.78 Å². The zero-order chi connectivity index (χ0) is 13.0. The minimum atomic E-state index is -0.132. The Morgan fingerprint density at radius 3 is 2.41 bits per heavy atom. The Kier molecular flexibility index (Phi) is 4.22. The molecule has 1 aromatic heterocycles. The van der Waals surface area contributed by atoms with Crippen LogP contribution in [-0.2, 0) is 0 Å². The highest BCUT2D eigenvalue weighted by Crippen LogP contribution is 2.11. The summed E-state index contributed by atoms with van der Waals surface area (Å²) < 4.78 is 0. The lowest BCUT2D eigenvalue weighted by Gasteiger charge is -2.30. The summed E-state index contributed by atoms with van der Waals surface area (Å²) in [5.41, 5.74) is 0.780. The average Bonchev–Trinajstić information content (AvgIpc) is 2.28. The van der Waals surface area contributed by atoms with E-state index in [2.05, 4.69) is 4.98 Å². The van der Waals surface area contributed by atoms with Gasteiger partial charge in [-0.1, -0.05) is 0 Å². The molecule has 90 valence electrons. The van der Waals surface area contributed by atoms with E-state index in [1.54, 1.807) is 11.0 Å². The van der Waals surface area contributed by atoms with E-state index in [0.717, 1.165) is 0 Å². The van der Waals surface area contributed by atoms with E-state index in [-0.39, 0.29) is 18.0 Å². The van der Waals surface area contributed by atoms with E-state index in [1.807, 2.05) is 33.8 Å². The summed E-state index contributed by atoms with van der Waals surface area (Å²) in [6.07, 6.45) is 1.49. The maximum atomic E-state index is 12.2. The van der Waals surface area contributed by atoms with Crippen LogP contribution < -0.4 is 0 Å². The number of nitrogens with zero attached hydrogens (tertiary/aromatic N) is 3. The van der Waals surface area contributed by atoms with Crippen LogP contribution in [0.3, 0.4) is 0 Å². The second kappa shape index (κ2) is 5.44. The lowest BCUT2D eigenvalue weighted by Crippen LogP contribution is -2.42. The molecule has 0 bridgehead atoms. The number of carbonyl (C=O) groups is 1. The molecule has 0 aliphatic carbocycles. The molecule has 4 heteroatoms. The molecule has 0 spiro atoms. The van der Waals surface area contributed by atoms with E-state index in [9.17, 15) is 4.79 Å². The number of rotatable bonds is 3. The van der Waals surface area contributed by atoms with Crippen molar-refractivity contribution in [3.8, 4) is 6.07 Å². The van der Waals surface area contributed by atoms with Crippen molar-refractivity contribution in [1.82, 2.24) is 9.88 Å². The van der Waals surface area contributed by atoms with Gasteiger partial charge in [-0.2, -0.15) is 5.26 Å². The fraction of sp³-hybridized carbons (Fsp3) is 0.462. The van der Waals surface area contributed by atoms with Gasteiger partial charge in [-0.05, 0) is 39.8 Å². The Balaban J connectivity index is 3.06. The molecule has 17 heavy (non-hydrogen) atoms. The number of carbonyl (C=O) groups excluding carboxylic acids is 1. The summed E-state index contributed by atoms with van der Waals surface area (Å²) in [6, 6.07) is 5.34. The van der Waals surface area contributed by atoms with Crippen LogP contribution in [0.4, 0.5) is 0 Å². The number of amides is 1. The third-order valence-corrected chi connectivity index (χ3v) is 2.46. The number of pyridine rings is 1. The van der Waals surface area contributed by atoms with Gasteiger partial charge in [0, 0.05) is 18.3 Å². The Hall–Kier alpha value is -1.89. The van der Waals surface area contributed by atoms with Gasteiger partial charge < -0.3 is 4.90 Å². The maximum Gasteiger partial charge on any atom is 0.272 e. The molecule has 0 radical (unpaired) electrons. The highest BCUT2D eigenvalue weighted by atomic mass is 16.2. The Morgan fingerprint density at radius 2 is 1.94 bits per heavy atom. The molecule has 1 amide bonds. The first-order valence-electron chi connectivity index (χ1n) is 5.66. The molecule has 0 atom stereocenters. The summed E-state index contributed by atoms with van der Waals surface area (Å²) in [7, 11) is 0. The van der Waals surface area contributed by atoms with Crippen LogP contribution in [0.25, 0.3) is 0 Å². The lowest BCUT2D eigenvalue weighted by molar-refractivity contribution is 0.0637. The van der Waals surface area contributed by atoms with Gasteiger partial charge in [0.25, 0.3) is 5.91 Å². The predicted molar refractivity (Wildman–Crippen MR) is 65.4 cm³/mol. The minimum absolute atomic E-state index is 0.107. The monoisotopic (exact) mass is 231 g/mol. The van der Waals surface area contributed by atoms with Crippen molar-refractivity contribution in [2.24, 2.45) is 0 Å². The van der Waals surface area contributed by atoms with Crippen molar-refractivity contribution >= 4 is 5.91 Å². The van der Waals surface area contributed by atoms with Gasteiger partial charge in [-0.25, -0.2) is 0 Å². The van der Waals surface area contributed by atoms with Crippen LogP contribution in [0.1, 0.15) is 43.7 Å². The van der Waals surface area contributed by atoms with Crippen LogP contribution >= 0.6 is 0 Å². The van der Waals surface area contributed by atoms with Crippen molar-refractivity contribution in [2.75, 3.05) is 0 Å². The Bertz CT molecular complexity index is 438. The second-order valence-corrected chi connectivity index (χ2v) is 4.44. The van der Waals surface area contributed by atoms with Crippen molar-refractivity contribution < 1.29 is 4.79 Å². The molecule has 0 aromatic carbocycles. The molecule has 1 rings (SSSR count). The zero-order valence-electron chi connectivity index (χ0n) is 10.6. The molecule has 0 saturated heterocycles. The van der Waals surface area contributed by atoms with Crippen molar-refractivity contribution in [3.63, 3.8) is 0 Å². The van der Waals surface area contributed by atoms with Crippen molar-refractivity contribution in [3.05, 3.63) is 29.6 Å². The molecule has 0 aliphatic rings. The Morgan fingerprint density at radius 1 is 1.35 bits per heavy atom. The summed E-state index contributed by atoms with van der Waals surface area (Å²) in [5, 5.41) is 8.80. The van der Waals surface area contributed by atoms with E-state index in [1.165, 1.54) is 12.3 Å². The molecule has 0 fully saturated rings. The first-order chi connectivity index (χ1) is 7.97. The molecule has 0 unspecified atom stereocenters. The second-order valence-electron chi connectivity index (χ2n) is 4.44. The molecular weight excluding hydrogens is 214 g/mol. The summed E-state index contributed by atoms with van der Waals surface area (Å²) in [5.74, 6) is -0.132. The van der Waals surface area contributed by atoms with Gasteiger partial charge in [0.2, 0.25) is 0 Å². The molecule has 1 heterocycles. The quantitative estimate of drug-likeness (QED) is 0.801. The van der Waals surface area contributed by atoms with E-state index in [0.29, 0.717) is 11.3 Å². The SMILES string of the molecule is CC(C)N(C(=O)c1cc(C#N)ccn1)C(C)C. The van der Waals surface area contributed by atoms with Crippen molar-refractivity contribution in [2.45, 2.75) is 39.8 Å². The predicted octanol–water partition coefficient (Wildman–Crippen LogP) is 2.21. The van der Waals surface area contributed by atoms with Gasteiger partial charge >= 0.3 is 0 Å². The van der Waals surface area contributed by atoms with E-state index >= 15 is 0 Å². The average molecular weight is 231 g/mol. The summed E-state index contributed by atoms with van der Waals surface area (Å²) in [6.45, 7) is 7.86. The third-order valence-electron chi connectivity index (χ3n) is 2.46. The first-order valence-corrected chi connectivity index (χ1v) is 5.66. The fourth-order valence-corrected chi connectivity index (χ4v) is 1.81. The van der Waals surface area contributed by atoms with Crippen LogP contribution in [0.5, 0.6) is 0 Å². The van der Waals surface area contributed by atoms with Gasteiger partial charge in [0.05, 0.1) is 11.6 Å². The number of nitriles is 1. The fourth-order valence-electron chi connectivity index (χ4n) is 1.81. The van der Waals surface area contributed by atoms with Crippen LogP contribution in [-0.4, -0.2) is 27.9 Å². The molecule has 0 aliphatic heterocycles. The van der Waals surface area contributed by atoms with Crippen LogP contribution in [0, 0.1) is 11.3 Å². The standard InChI is InChI=1S/C13H17N3O/c1-9(2)16(10(3)4)13(17)12-7-11(8-14)5-6-15-12/h5-7,9-10H,1-4H3. The zero-order valence-corrected chi connectivity index (χ0v) is 10.6. The molecule has 4 nitrogen and oxygen atoms in total. The third kappa shape index (κ3) is 3.04. The largest absolute Gasteiger partial charge is 0.332 e. The normalized spacial score (nSPS) is 10.4. The van der Waals surface area contributed by atoms with Gasteiger partial charge in [-0.15, -0.1) is 0 Å². The topological polar surface area (TPSA) is 57.0 Å². The molecular formula is C13H17N3O.